The van der Waals surface area contributed by atoms with E-state index in [4.69, 9.17) is 9.47 Å². The monoisotopic (exact) mass is 238 g/mol. The Morgan fingerprint density at radius 2 is 1.94 bits per heavy atom. The Morgan fingerprint density at radius 1 is 1.29 bits per heavy atom. The van der Waals surface area contributed by atoms with Crippen molar-refractivity contribution in [1.82, 2.24) is 9.97 Å². The van der Waals surface area contributed by atoms with Crippen LogP contribution in [-0.2, 0) is 0 Å². The van der Waals surface area contributed by atoms with Gasteiger partial charge in [-0.15, -0.1) is 0 Å². The van der Waals surface area contributed by atoms with E-state index in [9.17, 15) is 4.79 Å². The average molecular weight is 238 g/mol. The Bertz CT molecular complexity index is 411. The fourth-order valence-electron chi connectivity index (χ4n) is 1.35. The number of aromatic nitrogens is 2. The fourth-order valence-corrected chi connectivity index (χ4v) is 1.35. The van der Waals surface area contributed by atoms with Crippen LogP contribution in [0.5, 0.6) is 11.8 Å². The van der Waals surface area contributed by atoms with Crippen molar-refractivity contribution in [2.24, 2.45) is 5.41 Å². The maximum atomic E-state index is 12.0. The van der Waals surface area contributed by atoms with E-state index < -0.39 is 0 Å². The highest BCUT2D eigenvalue weighted by Gasteiger charge is 2.22. The van der Waals surface area contributed by atoms with E-state index >= 15 is 0 Å². The summed E-state index contributed by atoms with van der Waals surface area (Å²) in [5, 5.41) is 0. The molecule has 1 aromatic heterocycles. The molecule has 0 radical (unpaired) electrons. The Morgan fingerprint density at radius 3 is 2.41 bits per heavy atom. The van der Waals surface area contributed by atoms with E-state index in [1.54, 1.807) is 0 Å². The third-order valence-corrected chi connectivity index (χ3v) is 2.08. The second-order valence-electron chi connectivity index (χ2n) is 4.93. The lowest BCUT2D eigenvalue weighted by molar-refractivity contribution is 0.0930. The Labute approximate surface area is 101 Å². The quantitative estimate of drug-likeness (QED) is 0.752. The number of hydrogen-bond acceptors (Lipinski definition) is 5. The molecule has 0 aliphatic rings. The highest BCUT2D eigenvalue weighted by Crippen LogP contribution is 2.24. The van der Waals surface area contributed by atoms with Crippen LogP contribution in [0, 0.1) is 5.41 Å². The zero-order valence-corrected chi connectivity index (χ0v) is 10.9. The molecule has 0 aromatic carbocycles. The fraction of sp³-hybridized carbons (Fsp3) is 0.583. The Kier molecular flexibility index (Phi) is 4.04. The summed E-state index contributed by atoms with van der Waals surface area (Å²) in [5.41, 5.74) is 0.159. The van der Waals surface area contributed by atoms with Gasteiger partial charge in [0, 0.05) is 6.42 Å². The summed E-state index contributed by atoms with van der Waals surface area (Å²) in [6, 6.07) is 0. The third kappa shape index (κ3) is 3.69. The summed E-state index contributed by atoms with van der Waals surface area (Å²) in [6.07, 6.45) is 1.81. The average Bonchev–Trinajstić information content (AvgIpc) is 2.25. The molecule has 0 fully saturated rings. The smallest absolute Gasteiger partial charge is 0.246 e. The number of hydrogen-bond donors (Lipinski definition) is 0. The normalized spacial score (nSPS) is 11.1. The van der Waals surface area contributed by atoms with Crippen molar-refractivity contribution in [1.29, 1.82) is 0 Å². The van der Waals surface area contributed by atoms with Crippen molar-refractivity contribution in [3.8, 4) is 11.8 Å². The lowest BCUT2D eigenvalue weighted by Crippen LogP contribution is -2.15. The molecule has 5 nitrogen and oxygen atoms in total. The van der Waals surface area contributed by atoms with Crippen LogP contribution in [0.4, 0.5) is 0 Å². The van der Waals surface area contributed by atoms with E-state index in [1.165, 1.54) is 20.4 Å². The highest BCUT2D eigenvalue weighted by molar-refractivity contribution is 5.96. The molecule has 1 heterocycles. The second-order valence-corrected chi connectivity index (χ2v) is 4.93. The van der Waals surface area contributed by atoms with Gasteiger partial charge in [-0.25, -0.2) is 4.98 Å². The Hall–Kier alpha value is -1.65. The van der Waals surface area contributed by atoms with Crippen LogP contribution < -0.4 is 9.47 Å². The van der Waals surface area contributed by atoms with Gasteiger partial charge in [-0.2, -0.15) is 4.98 Å². The van der Waals surface area contributed by atoms with Gasteiger partial charge >= 0.3 is 0 Å². The minimum atomic E-state index is -0.0935. The molecule has 0 bridgehead atoms. The third-order valence-electron chi connectivity index (χ3n) is 2.08. The van der Waals surface area contributed by atoms with Crippen LogP contribution in [0.25, 0.3) is 0 Å². The van der Waals surface area contributed by atoms with E-state index in [1.807, 2.05) is 20.8 Å². The molecule has 0 saturated heterocycles. The largest absolute Gasteiger partial charge is 0.480 e. The zero-order valence-electron chi connectivity index (χ0n) is 10.9. The molecule has 0 aliphatic carbocycles. The van der Waals surface area contributed by atoms with Gasteiger partial charge in [0.2, 0.25) is 11.8 Å². The highest BCUT2D eigenvalue weighted by atomic mass is 16.5. The molecule has 0 unspecified atom stereocenters. The molecule has 0 aliphatic heterocycles. The first-order valence-electron chi connectivity index (χ1n) is 5.35. The summed E-state index contributed by atoms with van der Waals surface area (Å²) in [5.74, 6) is 0.456. The van der Waals surface area contributed by atoms with Crippen LogP contribution in [-0.4, -0.2) is 30.0 Å². The Balaban J connectivity index is 3.01. The minimum Gasteiger partial charge on any atom is -0.480 e. The van der Waals surface area contributed by atoms with E-state index in [-0.39, 0.29) is 22.8 Å². The number of carbonyl (C=O) groups is 1. The van der Waals surface area contributed by atoms with Crippen LogP contribution in [0.2, 0.25) is 0 Å². The van der Waals surface area contributed by atoms with Crippen molar-refractivity contribution < 1.29 is 14.3 Å². The molecule has 17 heavy (non-hydrogen) atoms. The van der Waals surface area contributed by atoms with Crippen LogP contribution >= 0.6 is 0 Å². The van der Waals surface area contributed by atoms with Crippen molar-refractivity contribution in [2.45, 2.75) is 27.2 Å². The predicted octanol–water partition coefficient (Wildman–Crippen LogP) is 2.11. The maximum Gasteiger partial charge on any atom is 0.246 e. The molecule has 1 rings (SSSR count). The van der Waals surface area contributed by atoms with Crippen molar-refractivity contribution in [3.05, 3.63) is 11.9 Å². The lowest BCUT2D eigenvalue weighted by Gasteiger charge is -2.17. The summed E-state index contributed by atoms with van der Waals surface area (Å²) in [6.45, 7) is 5.98. The van der Waals surface area contributed by atoms with Crippen LogP contribution in [0.15, 0.2) is 6.20 Å². The van der Waals surface area contributed by atoms with Gasteiger partial charge in [0.1, 0.15) is 0 Å². The van der Waals surface area contributed by atoms with Crippen molar-refractivity contribution >= 4 is 5.78 Å². The first kappa shape index (κ1) is 13.4. The predicted molar refractivity (Wildman–Crippen MR) is 63.5 cm³/mol. The molecule has 0 N–H and O–H groups in total. The minimum absolute atomic E-state index is 0.0792. The molecular formula is C12H18N2O3. The first-order chi connectivity index (χ1) is 7.87. The topological polar surface area (TPSA) is 61.3 Å². The SMILES string of the molecule is COc1cnc(C(=O)CC(C)(C)C)c(OC)n1. The van der Waals surface area contributed by atoms with E-state index in [2.05, 4.69) is 9.97 Å². The van der Waals surface area contributed by atoms with Gasteiger partial charge in [0.15, 0.2) is 11.5 Å². The number of carbonyl (C=O) groups excluding carboxylic acids is 1. The molecular weight excluding hydrogens is 220 g/mol. The molecule has 0 atom stereocenters. The number of methoxy groups -OCH3 is 2. The number of nitrogens with zero attached hydrogens (tertiary/aromatic N) is 2. The summed E-state index contributed by atoms with van der Waals surface area (Å²) in [4.78, 5) is 20.1. The van der Waals surface area contributed by atoms with Crippen molar-refractivity contribution in [3.63, 3.8) is 0 Å². The number of rotatable bonds is 4. The maximum absolute atomic E-state index is 12.0. The zero-order chi connectivity index (χ0) is 13.1. The molecule has 0 amide bonds. The number of Topliss-reactive ketones (excluding diaryl/α,β-unsaturated/α-hetero) is 1. The molecule has 1 aromatic rings. The van der Waals surface area contributed by atoms with E-state index in [0.717, 1.165) is 0 Å². The number of ketones is 1. The summed E-state index contributed by atoms with van der Waals surface area (Å²) in [7, 11) is 2.94. The van der Waals surface area contributed by atoms with Gasteiger partial charge in [-0.1, -0.05) is 20.8 Å². The van der Waals surface area contributed by atoms with Gasteiger partial charge < -0.3 is 9.47 Å². The summed E-state index contributed by atoms with van der Waals surface area (Å²) >= 11 is 0. The van der Waals surface area contributed by atoms with Gasteiger partial charge in [0.25, 0.3) is 0 Å². The summed E-state index contributed by atoms with van der Waals surface area (Å²) < 4.78 is 9.98. The van der Waals surface area contributed by atoms with Gasteiger partial charge in [-0.3, -0.25) is 4.79 Å². The number of ether oxygens (including phenoxy) is 2. The van der Waals surface area contributed by atoms with E-state index in [0.29, 0.717) is 12.3 Å². The van der Waals surface area contributed by atoms with Crippen molar-refractivity contribution in [2.75, 3.05) is 14.2 Å². The van der Waals surface area contributed by atoms with Crippen LogP contribution in [0.3, 0.4) is 0 Å². The molecule has 0 spiro atoms. The van der Waals surface area contributed by atoms with Gasteiger partial charge in [0.05, 0.1) is 20.4 Å². The molecule has 94 valence electrons. The first-order valence-corrected chi connectivity index (χ1v) is 5.35. The standard InChI is InChI=1S/C12H18N2O3/c1-12(2,3)6-8(15)10-11(17-5)14-9(16-4)7-13-10/h7H,6H2,1-5H3. The molecule has 5 heteroatoms. The van der Waals surface area contributed by atoms with Crippen LogP contribution in [0.1, 0.15) is 37.7 Å². The lowest BCUT2D eigenvalue weighted by atomic mass is 9.89. The second kappa shape index (κ2) is 5.12. The molecule has 0 saturated carbocycles. The van der Waals surface area contributed by atoms with Gasteiger partial charge in [-0.05, 0) is 5.41 Å².